The second-order valence-electron chi connectivity index (χ2n) is 5.31. The first-order valence-electron chi connectivity index (χ1n) is 5.43. The molecule has 2 aliphatic heterocycles. The number of rotatable bonds is 1. The molecule has 0 bridgehead atoms. The number of nitrogens with one attached hydrogen (secondary N) is 1. The Balaban J connectivity index is 2.26. The summed E-state index contributed by atoms with van der Waals surface area (Å²) in [6, 6.07) is 0.0833. The van der Waals surface area contributed by atoms with Crippen LogP contribution in [-0.2, 0) is 4.79 Å². The number of carbonyl (C=O) groups excluding carboxylic acids is 1. The Labute approximate surface area is 85.8 Å². The molecule has 0 radical (unpaired) electrons. The smallest absolute Gasteiger partial charge is 0.237 e. The fraction of sp³-hybridized carbons (Fsp3) is 0.909. The Morgan fingerprint density at radius 1 is 1.43 bits per heavy atom. The van der Waals surface area contributed by atoms with Gasteiger partial charge in [0.05, 0.1) is 6.04 Å². The van der Waals surface area contributed by atoms with E-state index < -0.39 is 0 Å². The lowest BCUT2D eigenvalue weighted by molar-refractivity contribution is -0.177. The first kappa shape index (κ1) is 9.97. The number of likely N-dealkylation sites (N-methyl/N-ethyl adjacent to an activating group) is 1. The van der Waals surface area contributed by atoms with Crippen molar-refractivity contribution in [3.63, 3.8) is 0 Å². The highest BCUT2D eigenvalue weighted by molar-refractivity contribution is 5.84. The second kappa shape index (κ2) is 2.72. The molecule has 80 valence electrons. The van der Waals surface area contributed by atoms with Crippen molar-refractivity contribution in [1.29, 1.82) is 0 Å². The van der Waals surface area contributed by atoms with Crippen LogP contribution in [0.5, 0.6) is 0 Å². The van der Waals surface area contributed by atoms with E-state index in [-0.39, 0.29) is 22.9 Å². The zero-order chi connectivity index (χ0) is 10.6. The average Bonchev–Trinajstić information content (AvgIpc) is 2.47. The maximum atomic E-state index is 11.7. The van der Waals surface area contributed by atoms with Crippen LogP contribution >= 0.6 is 0 Å². The predicted molar refractivity (Wildman–Crippen MR) is 56.0 cm³/mol. The molecule has 2 aliphatic rings. The SMILES string of the molecule is CNC(=O)[C@H]1N2CCC[C@@]2(C)C1(C)C. The summed E-state index contributed by atoms with van der Waals surface area (Å²) in [5.74, 6) is 0.175. The van der Waals surface area contributed by atoms with Crippen molar-refractivity contribution in [3.05, 3.63) is 0 Å². The van der Waals surface area contributed by atoms with Crippen molar-refractivity contribution in [3.8, 4) is 0 Å². The third-order valence-electron chi connectivity index (χ3n) is 4.57. The van der Waals surface area contributed by atoms with E-state index in [1.54, 1.807) is 7.05 Å². The molecule has 0 aromatic heterocycles. The summed E-state index contributed by atoms with van der Waals surface area (Å²) in [6.45, 7) is 7.81. The molecule has 2 heterocycles. The second-order valence-corrected chi connectivity index (χ2v) is 5.31. The Bertz CT molecular complexity index is 274. The van der Waals surface area contributed by atoms with Crippen molar-refractivity contribution in [2.75, 3.05) is 13.6 Å². The fourth-order valence-corrected chi connectivity index (χ4v) is 3.31. The maximum absolute atomic E-state index is 11.7. The Morgan fingerprint density at radius 3 is 2.64 bits per heavy atom. The zero-order valence-electron chi connectivity index (χ0n) is 9.55. The van der Waals surface area contributed by atoms with Crippen LogP contribution in [0.4, 0.5) is 0 Å². The monoisotopic (exact) mass is 196 g/mol. The number of nitrogens with zero attached hydrogens (tertiary/aromatic N) is 1. The summed E-state index contributed by atoms with van der Waals surface area (Å²) in [6.07, 6.45) is 2.46. The molecule has 14 heavy (non-hydrogen) atoms. The Kier molecular flexibility index (Phi) is 1.94. The van der Waals surface area contributed by atoms with E-state index in [2.05, 4.69) is 31.0 Å². The number of amides is 1. The molecule has 2 atom stereocenters. The highest BCUT2D eigenvalue weighted by Gasteiger charge is 2.66. The fourth-order valence-electron chi connectivity index (χ4n) is 3.31. The van der Waals surface area contributed by atoms with Crippen LogP contribution in [0, 0.1) is 5.41 Å². The van der Waals surface area contributed by atoms with Gasteiger partial charge in [0.25, 0.3) is 0 Å². The van der Waals surface area contributed by atoms with Crippen molar-refractivity contribution < 1.29 is 4.79 Å². The first-order chi connectivity index (χ1) is 6.45. The van der Waals surface area contributed by atoms with Gasteiger partial charge in [0.15, 0.2) is 0 Å². The molecule has 0 unspecified atom stereocenters. The minimum Gasteiger partial charge on any atom is -0.358 e. The minimum absolute atomic E-state index is 0.0833. The highest BCUT2D eigenvalue weighted by atomic mass is 16.2. The van der Waals surface area contributed by atoms with E-state index in [0.717, 1.165) is 6.54 Å². The summed E-state index contributed by atoms with van der Waals surface area (Å²) >= 11 is 0. The normalized spacial score (nSPS) is 40.1. The van der Waals surface area contributed by atoms with Crippen molar-refractivity contribution >= 4 is 5.91 Å². The van der Waals surface area contributed by atoms with Gasteiger partial charge in [-0.1, -0.05) is 13.8 Å². The van der Waals surface area contributed by atoms with Gasteiger partial charge in [0, 0.05) is 18.0 Å². The molecule has 3 nitrogen and oxygen atoms in total. The summed E-state index contributed by atoms with van der Waals surface area (Å²) < 4.78 is 0. The van der Waals surface area contributed by atoms with Crippen LogP contribution in [0.1, 0.15) is 33.6 Å². The maximum Gasteiger partial charge on any atom is 0.237 e. The average molecular weight is 196 g/mol. The minimum atomic E-state index is 0.0833. The van der Waals surface area contributed by atoms with Crippen LogP contribution < -0.4 is 5.32 Å². The molecule has 1 N–H and O–H groups in total. The van der Waals surface area contributed by atoms with E-state index in [9.17, 15) is 4.79 Å². The van der Waals surface area contributed by atoms with E-state index in [1.165, 1.54) is 12.8 Å². The van der Waals surface area contributed by atoms with Crippen LogP contribution in [0.25, 0.3) is 0 Å². The molecule has 0 aromatic rings. The van der Waals surface area contributed by atoms with Gasteiger partial charge >= 0.3 is 0 Å². The third kappa shape index (κ3) is 0.888. The lowest BCUT2D eigenvalue weighted by Gasteiger charge is -2.64. The summed E-state index contributed by atoms with van der Waals surface area (Å²) in [5.41, 5.74) is 0.369. The first-order valence-corrected chi connectivity index (χ1v) is 5.43. The predicted octanol–water partition coefficient (Wildman–Crippen LogP) is 0.995. The lowest BCUT2D eigenvalue weighted by Crippen LogP contribution is -2.77. The van der Waals surface area contributed by atoms with E-state index >= 15 is 0 Å². The van der Waals surface area contributed by atoms with Crippen molar-refractivity contribution in [1.82, 2.24) is 10.2 Å². The molecule has 0 aliphatic carbocycles. The molecular weight excluding hydrogens is 176 g/mol. The highest BCUT2D eigenvalue weighted by Crippen LogP contribution is 2.57. The quantitative estimate of drug-likeness (QED) is 0.678. The molecular formula is C11H20N2O. The van der Waals surface area contributed by atoms with Gasteiger partial charge in [-0.3, -0.25) is 9.69 Å². The summed E-state index contributed by atoms with van der Waals surface area (Å²) in [7, 11) is 1.73. The van der Waals surface area contributed by atoms with Crippen molar-refractivity contribution in [2.45, 2.75) is 45.2 Å². The summed E-state index contributed by atoms with van der Waals surface area (Å²) in [4.78, 5) is 14.1. The van der Waals surface area contributed by atoms with Gasteiger partial charge in [-0.15, -0.1) is 0 Å². The Hall–Kier alpha value is -0.570. The van der Waals surface area contributed by atoms with Gasteiger partial charge in [-0.05, 0) is 26.3 Å². The van der Waals surface area contributed by atoms with E-state index in [4.69, 9.17) is 0 Å². The van der Waals surface area contributed by atoms with Crippen LogP contribution in [-0.4, -0.2) is 36.0 Å². The largest absolute Gasteiger partial charge is 0.358 e. The number of carbonyl (C=O) groups is 1. The van der Waals surface area contributed by atoms with Crippen LogP contribution in [0.3, 0.4) is 0 Å². The van der Waals surface area contributed by atoms with Gasteiger partial charge in [0.1, 0.15) is 0 Å². The molecule has 1 amide bonds. The van der Waals surface area contributed by atoms with Gasteiger partial charge < -0.3 is 5.32 Å². The Morgan fingerprint density at radius 2 is 2.07 bits per heavy atom. The molecule has 2 rings (SSSR count). The number of hydrogen-bond acceptors (Lipinski definition) is 2. The number of fused-ring (bicyclic) bond motifs is 1. The van der Waals surface area contributed by atoms with Gasteiger partial charge in [0.2, 0.25) is 5.91 Å². The zero-order valence-corrected chi connectivity index (χ0v) is 9.55. The lowest BCUT2D eigenvalue weighted by atomic mass is 9.58. The van der Waals surface area contributed by atoms with Crippen molar-refractivity contribution in [2.24, 2.45) is 5.41 Å². The van der Waals surface area contributed by atoms with Gasteiger partial charge in [-0.2, -0.15) is 0 Å². The van der Waals surface area contributed by atoms with Crippen LogP contribution in [0.2, 0.25) is 0 Å². The van der Waals surface area contributed by atoms with E-state index in [0.29, 0.717) is 0 Å². The molecule has 2 saturated heterocycles. The third-order valence-corrected chi connectivity index (χ3v) is 4.57. The van der Waals surface area contributed by atoms with Gasteiger partial charge in [-0.25, -0.2) is 0 Å². The standard InChI is InChI=1S/C11H20N2O/c1-10(2)8(9(14)12-4)13-7-5-6-11(10,13)3/h8H,5-7H2,1-4H3,(H,12,14)/t8-,11+/m1/s1. The molecule has 0 spiro atoms. The topological polar surface area (TPSA) is 32.3 Å². The molecule has 0 aromatic carbocycles. The molecule has 3 heteroatoms. The van der Waals surface area contributed by atoms with Crippen LogP contribution in [0.15, 0.2) is 0 Å². The summed E-state index contributed by atoms with van der Waals surface area (Å²) in [5, 5.41) is 2.77. The van der Waals surface area contributed by atoms with E-state index in [1.807, 2.05) is 0 Å². The molecule has 0 saturated carbocycles. The molecule has 2 fully saturated rings. The number of hydrogen-bond donors (Lipinski definition) is 1.